The van der Waals surface area contributed by atoms with Crippen molar-refractivity contribution in [1.82, 2.24) is 0 Å². The number of hydrogen-bond donors (Lipinski definition) is 0. The minimum atomic E-state index is -0.504. The van der Waals surface area contributed by atoms with Crippen LogP contribution in [0.2, 0.25) is 0 Å². The van der Waals surface area contributed by atoms with Crippen molar-refractivity contribution < 1.29 is 9.15 Å². The van der Waals surface area contributed by atoms with E-state index in [0.29, 0.717) is 5.56 Å². The Balaban J connectivity index is 1.38. The molecule has 0 radical (unpaired) electrons. The molecule has 3 heteroatoms. The number of benzene rings is 5. The maximum Gasteiger partial charge on any atom is 0.143 e. The van der Waals surface area contributed by atoms with Crippen LogP contribution in [-0.2, 0) is 5.41 Å². The predicted octanol–water partition coefficient (Wildman–Crippen LogP) is 8.95. The van der Waals surface area contributed by atoms with E-state index >= 15 is 0 Å². The molecule has 0 saturated carbocycles. The van der Waals surface area contributed by atoms with Crippen LogP contribution in [0.5, 0.6) is 11.5 Å². The van der Waals surface area contributed by atoms with Crippen LogP contribution in [0.1, 0.15) is 27.8 Å². The van der Waals surface area contributed by atoms with Crippen molar-refractivity contribution in [2.75, 3.05) is 0 Å². The molecule has 1 aliphatic heterocycles. The van der Waals surface area contributed by atoms with Crippen LogP contribution in [0.3, 0.4) is 0 Å². The lowest BCUT2D eigenvalue weighted by atomic mass is 9.66. The summed E-state index contributed by atoms with van der Waals surface area (Å²) in [5, 5.41) is 9.16. The molecule has 2 heterocycles. The number of ether oxygens (including phenoxy) is 1. The minimum Gasteiger partial charge on any atom is -0.456 e. The fraction of sp³-hybridized carbons (Fsp3) is 0.0278. The Labute approximate surface area is 226 Å². The number of nitrogens with zero attached hydrogens (tertiary/aromatic N) is 1. The van der Waals surface area contributed by atoms with Crippen molar-refractivity contribution in [3.63, 3.8) is 0 Å². The van der Waals surface area contributed by atoms with Gasteiger partial charge in [-0.2, -0.15) is 5.26 Å². The van der Waals surface area contributed by atoms with Gasteiger partial charge in [0.25, 0.3) is 0 Å². The molecule has 0 bridgehead atoms. The summed E-state index contributed by atoms with van der Waals surface area (Å²) in [6, 6.07) is 45.8. The fourth-order valence-corrected chi connectivity index (χ4v) is 6.42. The van der Waals surface area contributed by atoms with Crippen molar-refractivity contribution in [1.29, 1.82) is 5.26 Å². The van der Waals surface area contributed by atoms with E-state index in [9.17, 15) is 0 Å². The molecular formula is C36H21NO2. The topological polar surface area (TPSA) is 46.2 Å². The van der Waals surface area contributed by atoms with E-state index in [1.54, 1.807) is 12.1 Å². The predicted molar refractivity (Wildman–Crippen MR) is 152 cm³/mol. The lowest BCUT2D eigenvalue weighted by molar-refractivity contribution is 0.436. The standard InChI is InChI=1S/C36H21NO2/c37-22-23-16-18-24(19-17-23)32-20-21-33(38-32)27-10-7-14-31-35(27)39-34-15-6-5-13-30(34)36(31)28-11-3-1-8-25(28)26-9-2-4-12-29(26)36/h1-21H. The van der Waals surface area contributed by atoms with Crippen molar-refractivity contribution in [2.45, 2.75) is 5.41 Å². The number of nitriles is 1. The van der Waals surface area contributed by atoms with Crippen molar-refractivity contribution in [3.8, 4) is 51.3 Å². The lowest BCUT2D eigenvalue weighted by Gasteiger charge is -2.39. The Morgan fingerprint density at radius 2 is 1.10 bits per heavy atom. The first-order valence-corrected chi connectivity index (χ1v) is 13.0. The molecule has 6 aromatic rings. The molecule has 5 aromatic carbocycles. The van der Waals surface area contributed by atoms with E-state index in [2.05, 4.69) is 91.0 Å². The van der Waals surface area contributed by atoms with E-state index in [-0.39, 0.29) is 0 Å². The summed E-state index contributed by atoms with van der Waals surface area (Å²) in [6.45, 7) is 0. The van der Waals surface area contributed by atoms with Crippen LogP contribution in [0, 0.1) is 11.3 Å². The van der Waals surface area contributed by atoms with Gasteiger partial charge in [0, 0.05) is 16.7 Å². The van der Waals surface area contributed by atoms with Gasteiger partial charge in [0.15, 0.2) is 0 Å². The van der Waals surface area contributed by atoms with E-state index in [4.69, 9.17) is 14.4 Å². The summed E-state index contributed by atoms with van der Waals surface area (Å²) in [7, 11) is 0. The number of hydrogen-bond acceptors (Lipinski definition) is 3. The highest BCUT2D eigenvalue weighted by molar-refractivity contribution is 5.90. The normalized spacial score (nSPS) is 13.5. The van der Waals surface area contributed by atoms with Crippen LogP contribution < -0.4 is 4.74 Å². The van der Waals surface area contributed by atoms with Gasteiger partial charge in [-0.15, -0.1) is 0 Å². The molecule has 1 spiro atoms. The second-order valence-electron chi connectivity index (χ2n) is 9.97. The van der Waals surface area contributed by atoms with Crippen molar-refractivity contribution >= 4 is 0 Å². The Bertz CT molecular complexity index is 1910. The maximum absolute atomic E-state index is 9.16. The van der Waals surface area contributed by atoms with Crippen molar-refractivity contribution in [3.05, 3.63) is 155 Å². The molecule has 0 N–H and O–H groups in total. The molecule has 1 aromatic heterocycles. The molecule has 0 atom stereocenters. The molecule has 0 saturated heterocycles. The van der Waals surface area contributed by atoms with Gasteiger partial charge in [0.2, 0.25) is 0 Å². The SMILES string of the molecule is N#Cc1ccc(-c2ccc(-c3cccc4c3Oc3ccccc3C43c4ccccc4-c4ccccc43)o2)cc1. The highest BCUT2D eigenvalue weighted by Gasteiger charge is 2.51. The smallest absolute Gasteiger partial charge is 0.143 e. The quantitative estimate of drug-likeness (QED) is 0.238. The van der Waals surface area contributed by atoms with E-state index in [1.165, 1.54) is 22.3 Å². The highest BCUT2D eigenvalue weighted by atomic mass is 16.5. The summed E-state index contributed by atoms with van der Waals surface area (Å²) in [5.41, 5.74) is 9.22. The molecule has 39 heavy (non-hydrogen) atoms. The van der Waals surface area contributed by atoms with E-state index < -0.39 is 5.41 Å². The summed E-state index contributed by atoms with van der Waals surface area (Å²) >= 11 is 0. The Kier molecular flexibility index (Phi) is 4.50. The van der Waals surface area contributed by atoms with Gasteiger partial charge in [0.05, 0.1) is 22.6 Å². The van der Waals surface area contributed by atoms with Crippen LogP contribution >= 0.6 is 0 Å². The van der Waals surface area contributed by atoms with Gasteiger partial charge < -0.3 is 9.15 Å². The summed E-state index contributed by atoms with van der Waals surface area (Å²) in [5.74, 6) is 3.14. The third-order valence-electron chi connectivity index (χ3n) is 8.04. The van der Waals surface area contributed by atoms with Gasteiger partial charge in [-0.25, -0.2) is 0 Å². The molecule has 0 fully saturated rings. The number of furan rings is 1. The molecule has 1 aliphatic carbocycles. The maximum atomic E-state index is 9.16. The average molecular weight is 500 g/mol. The van der Waals surface area contributed by atoms with Crippen LogP contribution in [0.4, 0.5) is 0 Å². The first-order valence-electron chi connectivity index (χ1n) is 13.0. The van der Waals surface area contributed by atoms with Crippen molar-refractivity contribution in [2.24, 2.45) is 0 Å². The first kappa shape index (κ1) is 21.7. The molecule has 2 aliphatic rings. The van der Waals surface area contributed by atoms with Gasteiger partial charge in [-0.1, -0.05) is 78.9 Å². The lowest BCUT2D eigenvalue weighted by Crippen LogP contribution is -2.32. The highest BCUT2D eigenvalue weighted by Crippen LogP contribution is 2.63. The molecule has 0 amide bonds. The third-order valence-corrected chi connectivity index (χ3v) is 8.04. The van der Waals surface area contributed by atoms with E-state index in [1.807, 2.05) is 30.3 Å². The van der Waals surface area contributed by atoms with E-state index in [0.717, 1.165) is 45.3 Å². The zero-order chi connectivity index (χ0) is 26.0. The Morgan fingerprint density at radius 1 is 0.513 bits per heavy atom. The molecule has 182 valence electrons. The monoisotopic (exact) mass is 499 g/mol. The second-order valence-corrected chi connectivity index (χ2v) is 9.97. The molecule has 0 unspecified atom stereocenters. The van der Waals surface area contributed by atoms with Gasteiger partial charge in [-0.05, 0) is 70.8 Å². The molecule has 3 nitrogen and oxygen atoms in total. The Hall–Kier alpha value is -5.33. The zero-order valence-electron chi connectivity index (χ0n) is 20.9. The summed E-state index contributed by atoms with van der Waals surface area (Å²) in [4.78, 5) is 0. The fourth-order valence-electron chi connectivity index (χ4n) is 6.42. The number of para-hydroxylation sites is 2. The van der Waals surface area contributed by atoms with Gasteiger partial charge in [0.1, 0.15) is 23.0 Å². The minimum absolute atomic E-state index is 0.504. The van der Waals surface area contributed by atoms with Crippen LogP contribution in [0.15, 0.2) is 132 Å². The third kappa shape index (κ3) is 2.92. The summed E-state index contributed by atoms with van der Waals surface area (Å²) < 4.78 is 13.1. The zero-order valence-corrected chi connectivity index (χ0v) is 20.9. The number of fused-ring (bicyclic) bond motifs is 9. The average Bonchev–Trinajstić information content (AvgIpc) is 3.60. The van der Waals surface area contributed by atoms with Crippen LogP contribution in [0.25, 0.3) is 33.8 Å². The molecular weight excluding hydrogens is 478 g/mol. The molecule has 8 rings (SSSR count). The van der Waals surface area contributed by atoms with Gasteiger partial charge in [-0.3, -0.25) is 0 Å². The second kappa shape index (κ2) is 8.08. The Morgan fingerprint density at radius 3 is 1.82 bits per heavy atom. The first-order chi connectivity index (χ1) is 19.3. The summed E-state index contributed by atoms with van der Waals surface area (Å²) in [6.07, 6.45) is 0. The largest absolute Gasteiger partial charge is 0.456 e. The van der Waals surface area contributed by atoms with Gasteiger partial charge >= 0.3 is 0 Å². The van der Waals surface area contributed by atoms with Crippen LogP contribution in [-0.4, -0.2) is 0 Å². The number of rotatable bonds is 2.